The van der Waals surface area contributed by atoms with Crippen LogP contribution in [0.1, 0.15) is 22.0 Å². The molecule has 37 heavy (non-hydrogen) atoms. The maximum Gasteiger partial charge on any atom is 0.178 e. The number of carbonyl (C=O) groups excluding carboxylic acids is 1. The van der Waals surface area contributed by atoms with Gasteiger partial charge in [0.15, 0.2) is 17.3 Å². The fourth-order valence-corrected chi connectivity index (χ4v) is 4.98. The van der Waals surface area contributed by atoms with Crippen LogP contribution in [0.3, 0.4) is 0 Å². The van der Waals surface area contributed by atoms with Crippen molar-refractivity contribution in [2.45, 2.75) is 12.2 Å². The molecule has 0 N–H and O–H groups in total. The summed E-state index contributed by atoms with van der Waals surface area (Å²) in [6.07, 6.45) is 2.34. The highest BCUT2D eigenvalue weighted by atomic mass is 16.5. The van der Waals surface area contributed by atoms with Gasteiger partial charge in [0, 0.05) is 25.3 Å². The van der Waals surface area contributed by atoms with Gasteiger partial charge in [0.05, 0.1) is 60.6 Å². The topological polar surface area (TPSA) is 90.9 Å². The second kappa shape index (κ2) is 11.0. The van der Waals surface area contributed by atoms with Crippen molar-refractivity contribution in [1.29, 1.82) is 0 Å². The molecule has 4 rings (SSSR count). The summed E-state index contributed by atoms with van der Waals surface area (Å²) in [6.45, 7) is 0. The number of ether oxygens (including phenoxy) is 8. The number of carbonyl (C=O) groups is 1. The first-order valence-electron chi connectivity index (χ1n) is 11.7. The number of methoxy groups -OCH3 is 7. The van der Waals surface area contributed by atoms with Gasteiger partial charge in [0.25, 0.3) is 0 Å². The average Bonchev–Trinajstić information content (AvgIpc) is 2.95. The molecule has 198 valence electrons. The Morgan fingerprint density at radius 3 is 2.05 bits per heavy atom. The summed E-state index contributed by atoms with van der Waals surface area (Å²) in [4.78, 5) is 14.4. The molecule has 2 aliphatic rings. The molecule has 1 aliphatic heterocycles. The Hall–Kier alpha value is -3.85. The van der Waals surface area contributed by atoms with Gasteiger partial charge in [-0.25, -0.2) is 0 Å². The summed E-state index contributed by atoms with van der Waals surface area (Å²) < 4.78 is 45.6. The molecule has 1 aliphatic carbocycles. The van der Waals surface area contributed by atoms with Crippen molar-refractivity contribution in [3.63, 3.8) is 0 Å². The fourth-order valence-electron chi connectivity index (χ4n) is 4.98. The van der Waals surface area contributed by atoms with E-state index in [9.17, 15) is 4.79 Å². The van der Waals surface area contributed by atoms with Crippen LogP contribution >= 0.6 is 0 Å². The molecule has 1 heterocycles. The molecule has 2 aromatic rings. The minimum Gasteiger partial charge on any atom is -0.501 e. The van der Waals surface area contributed by atoms with Gasteiger partial charge in [0.2, 0.25) is 0 Å². The second-order valence-electron chi connectivity index (χ2n) is 8.50. The SMILES string of the molecule is COC1=CC(OC)C([C@@H]2C(=O)c3c(OC)cc(OC)cc3O[C@@H]2c2ccc(OC)c(OC)c2)C(OC)=C1. The summed E-state index contributed by atoms with van der Waals surface area (Å²) in [7, 11) is 10.9. The van der Waals surface area contributed by atoms with Crippen molar-refractivity contribution in [2.75, 3.05) is 49.8 Å². The smallest absolute Gasteiger partial charge is 0.178 e. The molecular weight excluding hydrogens is 480 g/mol. The first-order valence-corrected chi connectivity index (χ1v) is 11.7. The zero-order chi connectivity index (χ0) is 26.7. The predicted octanol–water partition coefficient (Wildman–Crippen LogP) is 4.36. The Bertz CT molecular complexity index is 1220. The van der Waals surface area contributed by atoms with Gasteiger partial charge in [-0.15, -0.1) is 0 Å². The van der Waals surface area contributed by atoms with Crippen LogP contribution in [0.5, 0.6) is 28.7 Å². The van der Waals surface area contributed by atoms with Crippen molar-refractivity contribution in [3.8, 4) is 28.7 Å². The van der Waals surface area contributed by atoms with E-state index in [4.69, 9.17) is 37.9 Å². The Kier molecular flexibility index (Phi) is 7.83. The van der Waals surface area contributed by atoms with Crippen molar-refractivity contribution >= 4 is 5.78 Å². The second-order valence-corrected chi connectivity index (χ2v) is 8.50. The van der Waals surface area contributed by atoms with E-state index in [1.165, 1.54) is 7.11 Å². The highest BCUT2D eigenvalue weighted by Crippen LogP contribution is 2.50. The van der Waals surface area contributed by atoms with Gasteiger partial charge in [-0.1, -0.05) is 6.07 Å². The van der Waals surface area contributed by atoms with Crippen molar-refractivity contribution in [1.82, 2.24) is 0 Å². The lowest BCUT2D eigenvalue weighted by Crippen LogP contribution is -2.44. The molecular formula is C28H32O9. The molecule has 0 spiro atoms. The first-order chi connectivity index (χ1) is 17.9. The van der Waals surface area contributed by atoms with E-state index in [-0.39, 0.29) is 5.78 Å². The summed E-state index contributed by atoms with van der Waals surface area (Å²) in [5, 5.41) is 0. The predicted molar refractivity (Wildman–Crippen MR) is 135 cm³/mol. The third-order valence-corrected chi connectivity index (χ3v) is 6.79. The molecule has 9 nitrogen and oxygen atoms in total. The Balaban J connectivity index is 1.94. The monoisotopic (exact) mass is 512 g/mol. The lowest BCUT2D eigenvalue weighted by molar-refractivity contribution is 0.00112. The van der Waals surface area contributed by atoms with Gasteiger partial charge in [-0.3, -0.25) is 4.79 Å². The average molecular weight is 513 g/mol. The van der Waals surface area contributed by atoms with E-state index in [1.807, 2.05) is 18.2 Å². The molecule has 0 fully saturated rings. The number of hydrogen-bond donors (Lipinski definition) is 0. The molecule has 4 atom stereocenters. The molecule has 0 saturated carbocycles. The van der Waals surface area contributed by atoms with Crippen LogP contribution < -0.4 is 23.7 Å². The lowest BCUT2D eigenvalue weighted by atomic mass is 9.72. The zero-order valence-corrected chi connectivity index (χ0v) is 22.0. The van der Waals surface area contributed by atoms with E-state index in [0.717, 1.165) is 5.56 Å². The number of hydrogen-bond acceptors (Lipinski definition) is 9. The summed E-state index contributed by atoms with van der Waals surface area (Å²) in [5.41, 5.74) is 1.05. The van der Waals surface area contributed by atoms with Crippen LogP contribution in [-0.2, 0) is 14.2 Å². The lowest BCUT2D eigenvalue weighted by Gasteiger charge is -2.41. The fraction of sp³-hybridized carbons (Fsp3) is 0.393. The highest BCUT2D eigenvalue weighted by molar-refractivity contribution is 6.05. The molecule has 0 amide bonds. The van der Waals surface area contributed by atoms with E-state index >= 15 is 0 Å². The standard InChI is InChI=1S/C28H32O9/c1-30-16-11-20(34-5)24(21(12-16)35-6)26-27(29)25-22(36-7)13-17(31-2)14-23(25)37-28(26)15-8-9-18(32-3)19(10-15)33-4/h8-14,20,24,26,28H,1-7H3/t20?,24?,26-,28-/m1/s1. The molecule has 0 aromatic heterocycles. The molecule has 9 heteroatoms. The van der Waals surface area contributed by atoms with Crippen molar-refractivity contribution in [2.24, 2.45) is 11.8 Å². The Morgan fingerprint density at radius 2 is 1.46 bits per heavy atom. The highest BCUT2D eigenvalue weighted by Gasteiger charge is 2.50. The van der Waals surface area contributed by atoms with Crippen LogP contribution in [-0.4, -0.2) is 61.7 Å². The quantitative estimate of drug-likeness (QED) is 0.486. The normalized spacial score (nSPS) is 22.6. The van der Waals surface area contributed by atoms with Crippen LogP contribution in [0.15, 0.2) is 54.0 Å². The minimum atomic E-state index is -0.751. The largest absolute Gasteiger partial charge is 0.501 e. The molecule has 0 saturated heterocycles. The van der Waals surface area contributed by atoms with E-state index in [0.29, 0.717) is 45.8 Å². The van der Waals surface area contributed by atoms with E-state index < -0.39 is 24.0 Å². The Morgan fingerprint density at radius 1 is 0.730 bits per heavy atom. The number of benzene rings is 2. The molecule has 0 bridgehead atoms. The zero-order valence-electron chi connectivity index (χ0n) is 22.0. The van der Waals surface area contributed by atoms with E-state index in [1.54, 1.807) is 66.9 Å². The van der Waals surface area contributed by atoms with Gasteiger partial charge >= 0.3 is 0 Å². The number of allylic oxidation sites excluding steroid dienone is 1. The van der Waals surface area contributed by atoms with E-state index in [2.05, 4.69) is 0 Å². The van der Waals surface area contributed by atoms with Gasteiger partial charge in [-0.05, 0) is 23.8 Å². The van der Waals surface area contributed by atoms with Crippen LogP contribution in [0, 0.1) is 11.8 Å². The maximum atomic E-state index is 14.4. The third kappa shape index (κ3) is 4.67. The van der Waals surface area contributed by atoms with Crippen molar-refractivity contribution < 1.29 is 42.7 Å². The van der Waals surface area contributed by atoms with Crippen LogP contribution in [0.4, 0.5) is 0 Å². The minimum absolute atomic E-state index is 0.176. The maximum absolute atomic E-state index is 14.4. The van der Waals surface area contributed by atoms with Crippen molar-refractivity contribution in [3.05, 3.63) is 65.1 Å². The number of rotatable bonds is 9. The third-order valence-electron chi connectivity index (χ3n) is 6.79. The summed E-state index contributed by atoms with van der Waals surface area (Å²) in [6, 6.07) is 8.80. The number of fused-ring (bicyclic) bond motifs is 1. The molecule has 2 aromatic carbocycles. The number of ketones is 1. The van der Waals surface area contributed by atoms with Crippen LogP contribution in [0.2, 0.25) is 0 Å². The summed E-state index contributed by atoms with van der Waals surface area (Å²) >= 11 is 0. The summed E-state index contributed by atoms with van der Waals surface area (Å²) in [5.74, 6) is 1.96. The Labute approximate surface area is 216 Å². The van der Waals surface area contributed by atoms with Gasteiger partial charge in [-0.2, -0.15) is 0 Å². The van der Waals surface area contributed by atoms with Gasteiger partial charge in [0.1, 0.15) is 40.4 Å². The molecule has 2 unspecified atom stereocenters. The van der Waals surface area contributed by atoms with Crippen LogP contribution in [0.25, 0.3) is 0 Å². The molecule has 0 radical (unpaired) electrons. The number of Topliss-reactive ketones (excluding diaryl/α,β-unsaturated/α-hetero) is 1. The van der Waals surface area contributed by atoms with Gasteiger partial charge < -0.3 is 37.9 Å². The first kappa shape index (κ1) is 26.2.